The van der Waals surface area contributed by atoms with Crippen LogP contribution in [0.1, 0.15) is 15.9 Å². The number of fused-ring (bicyclic) bond motifs is 1. The van der Waals surface area contributed by atoms with Gasteiger partial charge in [0.15, 0.2) is 11.2 Å². The lowest BCUT2D eigenvalue weighted by Crippen LogP contribution is -2.37. The van der Waals surface area contributed by atoms with Crippen molar-refractivity contribution < 1.29 is 13.9 Å². The van der Waals surface area contributed by atoms with Crippen LogP contribution in [0.3, 0.4) is 0 Å². The molecule has 0 bridgehead atoms. The number of imidazole rings is 1. The van der Waals surface area contributed by atoms with Gasteiger partial charge in [0.2, 0.25) is 5.28 Å². The van der Waals surface area contributed by atoms with E-state index in [1.807, 2.05) is 0 Å². The third-order valence-corrected chi connectivity index (χ3v) is 4.37. The Morgan fingerprint density at radius 2 is 1.96 bits per heavy atom. The number of halogens is 2. The number of ether oxygens (including phenoxy) is 1. The monoisotopic (exact) mass is 380 g/mol. The zero-order valence-electron chi connectivity index (χ0n) is 14.1. The zero-order chi connectivity index (χ0) is 19.2. The van der Waals surface area contributed by atoms with Crippen LogP contribution in [0.15, 0.2) is 27.8 Å². The summed E-state index contributed by atoms with van der Waals surface area (Å²) in [7, 11) is 3.98. The van der Waals surface area contributed by atoms with Gasteiger partial charge in [-0.1, -0.05) is 6.07 Å². The number of methoxy groups -OCH3 is 1. The topological polar surface area (TPSA) is 88.1 Å². The summed E-state index contributed by atoms with van der Waals surface area (Å²) < 4.78 is 22.2. The van der Waals surface area contributed by atoms with E-state index in [9.17, 15) is 18.8 Å². The molecule has 8 nitrogen and oxygen atoms in total. The highest BCUT2D eigenvalue weighted by Crippen LogP contribution is 2.19. The second-order valence-corrected chi connectivity index (χ2v) is 5.99. The number of nitrogens with zero attached hydrogens (tertiary/aromatic N) is 4. The molecular formula is C16H14ClFN4O4. The molecule has 0 atom stereocenters. The summed E-state index contributed by atoms with van der Waals surface area (Å²) in [4.78, 5) is 40.0. The quantitative estimate of drug-likeness (QED) is 0.501. The standard InChI is InChI=1S/C16H14ClFN4O4/c1-20-12-11(13(23)21(2)16(20)25)22(15(17)19-12)7-8-4-5-9(10(18)6-8)14(24)26-3/h4-6H,7H2,1-3H3. The van der Waals surface area contributed by atoms with Crippen LogP contribution < -0.4 is 11.2 Å². The normalized spacial score (nSPS) is 11.1. The number of carbonyl (C=O) groups is 1. The Morgan fingerprint density at radius 3 is 2.58 bits per heavy atom. The maximum absolute atomic E-state index is 14.1. The molecule has 2 aromatic heterocycles. The Hall–Kier alpha value is -2.94. The second-order valence-electron chi connectivity index (χ2n) is 5.65. The minimum Gasteiger partial charge on any atom is -0.465 e. The molecule has 0 radical (unpaired) electrons. The highest BCUT2D eigenvalue weighted by atomic mass is 35.5. The fourth-order valence-corrected chi connectivity index (χ4v) is 2.90. The van der Waals surface area contributed by atoms with Crippen molar-refractivity contribution in [2.24, 2.45) is 14.1 Å². The molecule has 0 unspecified atom stereocenters. The minimum absolute atomic E-state index is 0.0178. The van der Waals surface area contributed by atoms with E-state index in [1.165, 1.54) is 35.4 Å². The summed E-state index contributed by atoms with van der Waals surface area (Å²) in [6.07, 6.45) is 0. The van der Waals surface area contributed by atoms with Crippen molar-refractivity contribution >= 4 is 28.7 Å². The average molecular weight is 381 g/mol. The van der Waals surface area contributed by atoms with Gasteiger partial charge < -0.3 is 9.30 Å². The van der Waals surface area contributed by atoms with E-state index in [2.05, 4.69) is 9.72 Å². The predicted molar refractivity (Wildman–Crippen MR) is 92.1 cm³/mol. The first-order valence-corrected chi connectivity index (χ1v) is 7.82. The molecule has 0 N–H and O–H groups in total. The molecule has 26 heavy (non-hydrogen) atoms. The molecule has 1 aromatic carbocycles. The molecule has 3 rings (SSSR count). The molecule has 10 heteroatoms. The Bertz CT molecular complexity index is 1160. The van der Waals surface area contributed by atoms with E-state index in [-0.39, 0.29) is 28.6 Å². The molecule has 0 saturated carbocycles. The van der Waals surface area contributed by atoms with Crippen LogP contribution in [-0.4, -0.2) is 31.8 Å². The van der Waals surface area contributed by atoms with E-state index in [1.54, 1.807) is 0 Å². The third-order valence-electron chi connectivity index (χ3n) is 4.08. The van der Waals surface area contributed by atoms with Gasteiger partial charge in [0.1, 0.15) is 5.82 Å². The van der Waals surface area contributed by atoms with Gasteiger partial charge in [-0.15, -0.1) is 0 Å². The van der Waals surface area contributed by atoms with Crippen LogP contribution in [0.2, 0.25) is 5.28 Å². The number of aromatic nitrogens is 4. The number of esters is 1. The summed E-state index contributed by atoms with van der Waals surface area (Å²) in [6.45, 7) is 0.0289. The molecule has 0 aliphatic heterocycles. The summed E-state index contributed by atoms with van der Waals surface area (Å²) in [6, 6.07) is 3.96. The molecule has 0 saturated heterocycles. The first-order chi connectivity index (χ1) is 12.3. The number of carbonyl (C=O) groups excluding carboxylic acids is 1. The molecule has 0 aliphatic rings. The molecule has 0 amide bonds. The van der Waals surface area contributed by atoms with Crippen LogP contribution in [-0.2, 0) is 25.4 Å². The second kappa shape index (κ2) is 6.41. The fraction of sp³-hybridized carbons (Fsp3) is 0.250. The van der Waals surface area contributed by atoms with Crippen molar-refractivity contribution in [3.8, 4) is 0 Å². The number of aryl methyl sites for hydroxylation is 1. The van der Waals surface area contributed by atoms with Crippen LogP contribution in [0.25, 0.3) is 11.2 Å². The number of hydrogen-bond donors (Lipinski definition) is 0. The van der Waals surface area contributed by atoms with Gasteiger partial charge in [0.25, 0.3) is 5.56 Å². The third kappa shape index (κ3) is 2.70. The highest BCUT2D eigenvalue weighted by molar-refractivity contribution is 6.29. The van der Waals surface area contributed by atoms with E-state index in [0.29, 0.717) is 5.56 Å². The lowest BCUT2D eigenvalue weighted by atomic mass is 10.1. The van der Waals surface area contributed by atoms with Crippen molar-refractivity contribution in [2.45, 2.75) is 6.54 Å². The summed E-state index contributed by atoms with van der Waals surface area (Å²) >= 11 is 6.13. The number of benzene rings is 1. The van der Waals surface area contributed by atoms with Crippen LogP contribution >= 0.6 is 11.6 Å². The van der Waals surface area contributed by atoms with Crippen molar-refractivity contribution in [1.82, 2.24) is 18.7 Å². The van der Waals surface area contributed by atoms with Gasteiger partial charge in [-0.3, -0.25) is 13.9 Å². The summed E-state index contributed by atoms with van der Waals surface area (Å²) in [5.74, 6) is -1.54. The van der Waals surface area contributed by atoms with Crippen LogP contribution in [0.4, 0.5) is 4.39 Å². The SMILES string of the molecule is COC(=O)c1ccc(Cn2c(Cl)nc3c2c(=O)n(C)c(=O)n3C)cc1F. The van der Waals surface area contributed by atoms with Gasteiger partial charge in [-0.2, -0.15) is 4.98 Å². The first-order valence-electron chi connectivity index (χ1n) is 7.44. The van der Waals surface area contributed by atoms with E-state index in [0.717, 1.165) is 17.7 Å². The van der Waals surface area contributed by atoms with E-state index < -0.39 is 23.0 Å². The van der Waals surface area contributed by atoms with Crippen LogP contribution in [0.5, 0.6) is 0 Å². The highest BCUT2D eigenvalue weighted by Gasteiger charge is 2.19. The van der Waals surface area contributed by atoms with Gasteiger partial charge in [0.05, 0.1) is 19.2 Å². The van der Waals surface area contributed by atoms with Crippen LogP contribution in [0, 0.1) is 5.82 Å². The Balaban J connectivity index is 2.15. The lowest BCUT2D eigenvalue weighted by Gasteiger charge is -2.09. The molecule has 0 spiro atoms. The number of rotatable bonds is 3. The van der Waals surface area contributed by atoms with Crippen molar-refractivity contribution in [3.05, 3.63) is 61.3 Å². The fourth-order valence-electron chi connectivity index (χ4n) is 2.68. The maximum Gasteiger partial charge on any atom is 0.340 e. The molecule has 2 heterocycles. The Kier molecular flexibility index (Phi) is 4.41. The molecule has 3 aromatic rings. The summed E-state index contributed by atoms with van der Waals surface area (Å²) in [5, 5.41) is -0.0178. The molecule has 0 fully saturated rings. The van der Waals surface area contributed by atoms with Gasteiger partial charge >= 0.3 is 11.7 Å². The van der Waals surface area contributed by atoms with E-state index in [4.69, 9.17) is 11.6 Å². The largest absolute Gasteiger partial charge is 0.465 e. The van der Waals surface area contributed by atoms with Gasteiger partial charge in [0, 0.05) is 14.1 Å². The molecule has 136 valence electrons. The van der Waals surface area contributed by atoms with Crippen molar-refractivity contribution in [2.75, 3.05) is 7.11 Å². The first kappa shape index (κ1) is 17.9. The van der Waals surface area contributed by atoms with Gasteiger partial charge in [-0.05, 0) is 29.3 Å². The lowest BCUT2D eigenvalue weighted by molar-refractivity contribution is 0.0595. The van der Waals surface area contributed by atoms with E-state index >= 15 is 0 Å². The summed E-state index contributed by atoms with van der Waals surface area (Å²) in [5.41, 5.74) is -0.582. The van der Waals surface area contributed by atoms with Crippen molar-refractivity contribution in [3.63, 3.8) is 0 Å². The smallest absolute Gasteiger partial charge is 0.340 e. The molecule has 0 aliphatic carbocycles. The predicted octanol–water partition coefficient (Wildman–Crippen LogP) is 1.06. The number of hydrogen-bond acceptors (Lipinski definition) is 5. The maximum atomic E-state index is 14.1. The average Bonchev–Trinajstić information content (AvgIpc) is 2.94. The zero-order valence-corrected chi connectivity index (χ0v) is 14.9. The Morgan fingerprint density at radius 1 is 1.27 bits per heavy atom. The molecular weight excluding hydrogens is 367 g/mol. The minimum atomic E-state index is -0.788. The Labute approximate surface area is 151 Å². The van der Waals surface area contributed by atoms with Crippen molar-refractivity contribution in [1.29, 1.82) is 0 Å². The van der Waals surface area contributed by atoms with Gasteiger partial charge in [-0.25, -0.2) is 14.0 Å².